The van der Waals surface area contributed by atoms with Gasteiger partial charge in [-0.15, -0.1) is 0 Å². The second-order valence-electron chi connectivity index (χ2n) is 3.54. The second-order valence-corrected chi connectivity index (χ2v) is 4.78. The average Bonchev–Trinajstić information content (AvgIpc) is 2.78. The zero-order valence-electron chi connectivity index (χ0n) is 9.64. The fraction of sp³-hybridized carbons (Fsp3) is 0.333. The van der Waals surface area contributed by atoms with Crippen LogP contribution in [0.4, 0.5) is 0 Å². The number of hydrogen-bond donors (Lipinski definition) is 0. The topological polar surface area (TPSA) is 39.9 Å². The van der Waals surface area contributed by atoms with Crippen molar-refractivity contribution in [3.05, 3.63) is 34.2 Å². The van der Waals surface area contributed by atoms with E-state index in [9.17, 15) is 0 Å². The van der Waals surface area contributed by atoms with Gasteiger partial charge in [0.05, 0.1) is 13.2 Å². The van der Waals surface area contributed by atoms with E-state index in [2.05, 4.69) is 44.8 Å². The Hall–Kier alpha value is -0.950. The van der Waals surface area contributed by atoms with E-state index in [0.29, 0.717) is 6.61 Å². The third kappa shape index (κ3) is 3.50. The number of benzene rings is 1. The van der Waals surface area contributed by atoms with Gasteiger partial charge in [0.15, 0.2) is 5.82 Å². The monoisotopic (exact) mass is 343 g/mol. The molecule has 5 heteroatoms. The molecule has 4 nitrogen and oxygen atoms in total. The molecule has 17 heavy (non-hydrogen) atoms. The van der Waals surface area contributed by atoms with Gasteiger partial charge in [-0.1, -0.05) is 12.1 Å². The Bertz CT molecular complexity index is 484. The summed E-state index contributed by atoms with van der Waals surface area (Å²) in [5, 5.41) is 4.42. The van der Waals surface area contributed by atoms with Crippen molar-refractivity contribution in [2.75, 3.05) is 13.2 Å². The summed E-state index contributed by atoms with van der Waals surface area (Å²) >= 11 is 2.28. The van der Waals surface area contributed by atoms with Crippen LogP contribution in [0.2, 0.25) is 0 Å². The fourth-order valence-corrected chi connectivity index (χ4v) is 2.01. The maximum atomic E-state index is 5.28. The molecular weight excluding hydrogens is 329 g/mol. The maximum absolute atomic E-state index is 5.28. The molecule has 90 valence electrons. The van der Waals surface area contributed by atoms with Crippen molar-refractivity contribution in [2.24, 2.45) is 0 Å². The first-order chi connectivity index (χ1) is 8.29. The SMILES string of the molecule is CCOCCn1cnc(-c2cccc(I)c2)n1. The lowest BCUT2D eigenvalue weighted by Crippen LogP contribution is -2.06. The summed E-state index contributed by atoms with van der Waals surface area (Å²) in [6.45, 7) is 4.13. The van der Waals surface area contributed by atoms with Crippen LogP contribution >= 0.6 is 22.6 Å². The third-order valence-corrected chi connectivity index (χ3v) is 2.96. The second kappa shape index (κ2) is 6.11. The molecule has 2 aromatic rings. The van der Waals surface area contributed by atoms with Crippen molar-refractivity contribution < 1.29 is 4.74 Å². The largest absolute Gasteiger partial charge is 0.380 e. The van der Waals surface area contributed by atoms with Gasteiger partial charge in [0.1, 0.15) is 6.33 Å². The molecule has 1 heterocycles. The lowest BCUT2D eigenvalue weighted by Gasteiger charge is -2.00. The zero-order valence-corrected chi connectivity index (χ0v) is 11.8. The molecule has 0 bridgehead atoms. The molecule has 0 aliphatic carbocycles. The van der Waals surface area contributed by atoms with Crippen molar-refractivity contribution in [3.8, 4) is 11.4 Å². The Morgan fingerprint density at radius 2 is 2.29 bits per heavy atom. The van der Waals surface area contributed by atoms with Gasteiger partial charge in [-0.05, 0) is 41.6 Å². The van der Waals surface area contributed by atoms with Crippen molar-refractivity contribution >= 4 is 22.6 Å². The molecule has 2 rings (SSSR count). The van der Waals surface area contributed by atoms with Gasteiger partial charge in [0, 0.05) is 15.7 Å². The lowest BCUT2D eigenvalue weighted by atomic mass is 10.2. The summed E-state index contributed by atoms with van der Waals surface area (Å²) < 4.78 is 8.28. The summed E-state index contributed by atoms with van der Waals surface area (Å²) in [6, 6.07) is 8.15. The molecule has 0 atom stereocenters. The summed E-state index contributed by atoms with van der Waals surface area (Å²) in [6.07, 6.45) is 1.74. The number of hydrogen-bond acceptors (Lipinski definition) is 3. The Morgan fingerprint density at radius 1 is 1.41 bits per heavy atom. The first kappa shape index (κ1) is 12.5. The third-order valence-electron chi connectivity index (χ3n) is 2.29. The smallest absolute Gasteiger partial charge is 0.181 e. The molecule has 0 amide bonds. The molecule has 0 aliphatic rings. The summed E-state index contributed by atoms with van der Waals surface area (Å²) in [4.78, 5) is 4.30. The number of aromatic nitrogens is 3. The van der Waals surface area contributed by atoms with E-state index in [4.69, 9.17) is 4.74 Å². The van der Waals surface area contributed by atoms with E-state index in [1.807, 2.05) is 23.7 Å². The van der Waals surface area contributed by atoms with Crippen LogP contribution in [0.15, 0.2) is 30.6 Å². The molecule has 0 saturated heterocycles. The van der Waals surface area contributed by atoms with Crippen molar-refractivity contribution in [3.63, 3.8) is 0 Å². The predicted molar refractivity (Wildman–Crippen MR) is 74.7 cm³/mol. The van der Waals surface area contributed by atoms with Crippen LogP contribution in [0, 0.1) is 3.57 Å². The van der Waals surface area contributed by atoms with Gasteiger partial charge in [-0.25, -0.2) is 4.98 Å². The summed E-state index contributed by atoms with van der Waals surface area (Å²) in [5.41, 5.74) is 1.05. The highest BCUT2D eigenvalue weighted by atomic mass is 127. The average molecular weight is 343 g/mol. The first-order valence-electron chi connectivity index (χ1n) is 5.52. The van der Waals surface area contributed by atoms with E-state index < -0.39 is 0 Å². The van der Waals surface area contributed by atoms with Crippen LogP contribution in [0.25, 0.3) is 11.4 Å². The molecule has 0 N–H and O–H groups in total. The van der Waals surface area contributed by atoms with Crippen LogP contribution in [0.5, 0.6) is 0 Å². The number of rotatable bonds is 5. The summed E-state index contributed by atoms with van der Waals surface area (Å²) in [5.74, 6) is 0.764. The van der Waals surface area contributed by atoms with Gasteiger partial charge in [0.2, 0.25) is 0 Å². The molecule has 1 aromatic carbocycles. The molecule has 0 fully saturated rings. The van der Waals surface area contributed by atoms with Gasteiger partial charge in [0.25, 0.3) is 0 Å². The quantitative estimate of drug-likeness (QED) is 0.619. The molecule has 0 unspecified atom stereocenters. The minimum Gasteiger partial charge on any atom is -0.380 e. The van der Waals surface area contributed by atoms with E-state index in [1.165, 1.54) is 3.57 Å². The van der Waals surface area contributed by atoms with E-state index in [0.717, 1.165) is 24.5 Å². The van der Waals surface area contributed by atoms with Gasteiger partial charge >= 0.3 is 0 Å². The Kier molecular flexibility index (Phi) is 4.49. The van der Waals surface area contributed by atoms with E-state index in [-0.39, 0.29) is 0 Å². The Balaban J connectivity index is 2.07. The van der Waals surface area contributed by atoms with E-state index >= 15 is 0 Å². The van der Waals surface area contributed by atoms with Crippen LogP contribution in [0.3, 0.4) is 0 Å². The Labute approximate surface area is 114 Å². The molecular formula is C12H14IN3O. The highest BCUT2D eigenvalue weighted by Gasteiger charge is 2.04. The van der Waals surface area contributed by atoms with Crippen LogP contribution in [-0.2, 0) is 11.3 Å². The van der Waals surface area contributed by atoms with E-state index in [1.54, 1.807) is 6.33 Å². The lowest BCUT2D eigenvalue weighted by molar-refractivity contribution is 0.136. The number of halogens is 1. The molecule has 0 saturated carbocycles. The highest BCUT2D eigenvalue weighted by molar-refractivity contribution is 14.1. The van der Waals surface area contributed by atoms with Gasteiger partial charge in [-0.2, -0.15) is 5.10 Å². The van der Waals surface area contributed by atoms with Gasteiger partial charge < -0.3 is 4.74 Å². The van der Waals surface area contributed by atoms with Crippen LogP contribution < -0.4 is 0 Å². The molecule has 0 radical (unpaired) electrons. The van der Waals surface area contributed by atoms with Crippen molar-refractivity contribution in [1.82, 2.24) is 14.8 Å². The Morgan fingerprint density at radius 3 is 3.06 bits per heavy atom. The molecule has 0 aliphatic heterocycles. The predicted octanol–water partition coefficient (Wildman–Crippen LogP) is 2.59. The highest BCUT2D eigenvalue weighted by Crippen LogP contribution is 2.16. The molecule has 0 spiro atoms. The fourth-order valence-electron chi connectivity index (χ4n) is 1.46. The zero-order chi connectivity index (χ0) is 12.1. The van der Waals surface area contributed by atoms with Crippen molar-refractivity contribution in [2.45, 2.75) is 13.5 Å². The van der Waals surface area contributed by atoms with Crippen molar-refractivity contribution in [1.29, 1.82) is 0 Å². The standard InChI is InChI=1S/C12H14IN3O/c1-2-17-7-6-16-9-14-12(15-16)10-4-3-5-11(13)8-10/h3-5,8-9H,2,6-7H2,1H3. The minimum absolute atomic E-state index is 0.672. The number of ether oxygens (including phenoxy) is 1. The molecule has 1 aromatic heterocycles. The maximum Gasteiger partial charge on any atom is 0.181 e. The number of nitrogens with zero attached hydrogens (tertiary/aromatic N) is 3. The first-order valence-corrected chi connectivity index (χ1v) is 6.60. The van der Waals surface area contributed by atoms with Crippen LogP contribution in [-0.4, -0.2) is 28.0 Å². The van der Waals surface area contributed by atoms with Gasteiger partial charge in [-0.3, -0.25) is 4.68 Å². The summed E-state index contributed by atoms with van der Waals surface area (Å²) in [7, 11) is 0. The minimum atomic E-state index is 0.672. The van der Waals surface area contributed by atoms with Crippen LogP contribution in [0.1, 0.15) is 6.92 Å². The normalized spacial score (nSPS) is 10.7.